The van der Waals surface area contributed by atoms with Crippen LogP contribution in [0.5, 0.6) is 5.75 Å². The minimum atomic E-state index is -0.305. The van der Waals surface area contributed by atoms with Gasteiger partial charge in [-0.2, -0.15) is 0 Å². The largest absolute Gasteiger partial charge is 0.497 e. The molecule has 0 unspecified atom stereocenters. The van der Waals surface area contributed by atoms with E-state index < -0.39 is 0 Å². The summed E-state index contributed by atoms with van der Waals surface area (Å²) in [6, 6.07) is 12.2. The normalized spacial score (nSPS) is 15.0. The molecule has 0 bridgehead atoms. The van der Waals surface area contributed by atoms with Crippen molar-refractivity contribution in [3.63, 3.8) is 0 Å². The quantitative estimate of drug-likeness (QED) is 0.859. The maximum Gasteiger partial charge on any atom is 0.234 e. The van der Waals surface area contributed by atoms with Crippen molar-refractivity contribution in [1.29, 1.82) is 0 Å². The molecule has 0 aromatic heterocycles. The van der Waals surface area contributed by atoms with E-state index in [1.807, 2.05) is 31.2 Å². The number of benzene rings is 2. The Bertz CT molecular complexity index is 712. The van der Waals surface area contributed by atoms with Gasteiger partial charge in [0.05, 0.1) is 13.0 Å². The summed E-state index contributed by atoms with van der Waals surface area (Å²) in [5.41, 5.74) is 2.67. The molecule has 0 radical (unpaired) electrons. The lowest BCUT2D eigenvalue weighted by Gasteiger charge is -2.31. The number of amides is 1. The molecule has 120 valence electrons. The van der Waals surface area contributed by atoms with Gasteiger partial charge >= 0.3 is 0 Å². The van der Waals surface area contributed by atoms with Gasteiger partial charge in [0.2, 0.25) is 5.91 Å². The average molecular weight is 313 g/mol. The Hall–Kier alpha value is -2.36. The maximum absolute atomic E-state index is 13.6. The molecule has 1 amide bonds. The van der Waals surface area contributed by atoms with E-state index in [0.29, 0.717) is 12.2 Å². The molecular formula is C19H20FNO2. The summed E-state index contributed by atoms with van der Waals surface area (Å²) < 4.78 is 18.7. The van der Waals surface area contributed by atoms with Crippen molar-refractivity contribution in [2.75, 3.05) is 18.6 Å². The first kappa shape index (κ1) is 15.5. The predicted molar refractivity (Wildman–Crippen MR) is 88.5 cm³/mol. The van der Waals surface area contributed by atoms with Crippen molar-refractivity contribution in [2.24, 2.45) is 0 Å². The third-order valence-electron chi connectivity index (χ3n) is 4.42. The lowest BCUT2D eigenvalue weighted by molar-refractivity contribution is -0.119. The second-order valence-electron chi connectivity index (χ2n) is 5.86. The van der Waals surface area contributed by atoms with Crippen LogP contribution >= 0.6 is 0 Å². The molecule has 23 heavy (non-hydrogen) atoms. The molecule has 1 aliphatic rings. The van der Waals surface area contributed by atoms with E-state index in [-0.39, 0.29) is 17.6 Å². The standard InChI is InChI=1S/C19H20FNO2/c1-13(14-6-9-17(23-2)10-7-14)19(22)21-11-3-4-15-5-8-16(20)12-18(15)21/h5-10,12-13H,3-4,11H2,1-2H3/t13-/m0/s1. The molecule has 0 fully saturated rings. The number of carbonyl (C=O) groups excluding carboxylic acids is 1. The number of hydrogen-bond donors (Lipinski definition) is 0. The molecule has 1 heterocycles. The van der Waals surface area contributed by atoms with Gasteiger partial charge in [-0.25, -0.2) is 4.39 Å². The van der Waals surface area contributed by atoms with E-state index in [4.69, 9.17) is 4.74 Å². The Kier molecular flexibility index (Phi) is 4.33. The van der Waals surface area contributed by atoms with Crippen LogP contribution in [0.15, 0.2) is 42.5 Å². The van der Waals surface area contributed by atoms with E-state index in [2.05, 4.69) is 0 Å². The van der Waals surface area contributed by atoms with E-state index >= 15 is 0 Å². The Morgan fingerprint density at radius 2 is 1.96 bits per heavy atom. The fourth-order valence-corrected chi connectivity index (χ4v) is 3.05. The van der Waals surface area contributed by atoms with Gasteiger partial charge in [-0.1, -0.05) is 18.2 Å². The average Bonchev–Trinajstić information content (AvgIpc) is 2.60. The van der Waals surface area contributed by atoms with Crippen LogP contribution < -0.4 is 9.64 Å². The highest BCUT2D eigenvalue weighted by molar-refractivity contribution is 5.98. The van der Waals surface area contributed by atoms with E-state index in [1.165, 1.54) is 12.1 Å². The van der Waals surface area contributed by atoms with Gasteiger partial charge in [-0.15, -0.1) is 0 Å². The number of fused-ring (bicyclic) bond motifs is 1. The first-order valence-corrected chi connectivity index (χ1v) is 7.84. The number of hydrogen-bond acceptors (Lipinski definition) is 2. The summed E-state index contributed by atoms with van der Waals surface area (Å²) >= 11 is 0. The van der Waals surface area contributed by atoms with Crippen molar-refractivity contribution in [3.05, 3.63) is 59.4 Å². The van der Waals surface area contributed by atoms with Crippen molar-refractivity contribution < 1.29 is 13.9 Å². The smallest absolute Gasteiger partial charge is 0.234 e. The van der Waals surface area contributed by atoms with Gasteiger partial charge in [0.25, 0.3) is 0 Å². The number of anilines is 1. The number of aryl methyl sites for hydroxylation is 1. The van der Waals surface area contributed by atoms with Crippen molar-refractivity contribution >= 4 is 11.6 Å². The Morgan fingerprint density at radius 3 is 2.65 bits per heavy atom. The van der Waals surface area contributed by atoms with Gasteiger partial charge in [-0.05, 0) is 55.2 Å². The number of nitrogens with zero attached hydrogens (tertiary/aromatic N) is 1. The maximum atomic E-state index is 13.6. The zero-order chi connectivity index (χ0) is 16.4. The van der Waals surface area contributed by atoms with Gasteiger partial charge in [-0.3, -0.25) is 4.79 Å². The lowest BCUT2D eigenvalue weighted by Crippen LogP contribution is -2.38. The Labute approximate surface area is 135 Å². The summed E-state index contributed by atoms with van der Waals surface area (Å²) in [6.45, 7) is 2.52. The van der Waals surface area contributed by atoms with E-state index in [9.17, 15) is 9.18 Å². The highest BCUT2D eigenvalue weighted by Crippen LogP contribution is 2.31. The number of carbonyl (C=O) groups is 1. The van der Waals surface area contributed by atoms with Crippen LogP contribution in [0.3, 0.4) is 0 Å². The molecule has 0 spiro atoms. The Balaban J connectivity index is 1.87. The van der Waals surface area contributed by atoms with Crippen molar-refractivity contribution in [3.8, 4) is 5.75 Å². The zero-order valence-electron chi connectivity index (χ0n) is 13.4. The molecule has 3 rings (SSSR count). The fraction of sp³-hybridized carbons (Fsp3) is 0.316. The summed E-state index contributed by atoms with van der Waals surface area (Å²) in [5.74, 6) is 0.177. The van der Waals surface area contributed by atoms with Gasteiger partial charge in [0, 0.05) is 12.2 Å². The van der Waals surface area contributed by atoms with E-state index in [0.717, 1.165) is 29.7 Å². The van der Waals surface area contributed by atoms with Gasteiger partial charge < -0.3 is 9.64 Å². The van der Waals surface area contributed by atoms with Crippen LogP contribution in [0.4, 0.5) is 10.1 Å². The number of halogens is 1. The molecule has 4 heteroatoms. The first-order chi connectivity index (χ1) is 11.1. The highest BCUT2D eigenvalue weighted by Gasteiger charge is 2.27. The number of rotatable bonds is 3. The molecular weight excluding hydrogens is 293 g/mol. The summed E-state index contributed by atoms with van der Waals surface area (Å²) in [6.07, 6.45) is 1.79. The minimum Gasteiger partial charge on any atom is -0.497 e. The lowest BCUT2D eigenvalue weighted by atomic mass is 9.96. The van der Waals surface area contributed by atoms with Crippen LogP contribution in [0.25, 0.3) is 0 Å². The second-order valence-corrected chi connectivity index (χ2v) is 5.86. The van der Waals surface area contributed by atoms with Crippen molar-refractivity contribution in [1.82, 2.24) is 0 Å². The van der Waals surface area contributed by atoms with Crippen LogP contribution in [-0.2, 0) is 11.2 Å². The van der Waals surface area contributed by atoms with Crippen LogP contribution in [-0.4, -0.2) is 19.6 Å². The predicted octanol–water partition coefficient (Wildman–Crippen LogP) is 3.92. The van der Waals surface area contributed by atoms with Crippen molar-refractivity contribution in [2.45, 2.75) is 25.7 Å². The minimum absolute atomic E-state index is 0.00159. The molecule has 0 saturated carbocycles. The molecule has 2 aromatic carbocycles. The van der Waals surface area contributed by atoms with Gasteiger partial charge in [0.15, 0.2) is 0 Å². The molecule has 0 saturated heterocycles. The summed E-state index contributed by atoms with van der Waals surface area (Å²) in [7, 11) is 1.61. The highest BCUT2D eigenvalue weighted by atomic mass is 19.1. The van der Waals surface area contributed by atoms with Crippen LogP contribution in [0.1, 0.15) is 30.4 Å². The molecule has 1 aliphatic heterocycles. The summed E-state index contributed by atoms with van der Waals surface area (Å²) in [4.78, 5) is 14.6. The molecule has 3 nitrogen and oxygen atoms in total. The molecule has 0 aliphatic carbocycles. The van der Waals surface area contributed by atoms with Crippen LogP contribution in [0, 0.1) is 5.82 Å². The zero-order valence-corrected chi connectivity index (χ0v) is 13.4. The molecule has 2 aromatic rings. The number of methoxy groups -OCH3 is 1. The SMILES string of the molecule is COc1ccc([C@H](C)C(=O)N2CCCc3ccc(F)cc32)cc1. The second kappa shape index (κ2) is 6.41. The van der Waals surface area contributed by atoms with Crippen LogP contribution in [0.2, 0.25) is 0 Å². The molecule has 0 N–H and O–H groups in total. The third-order valence-corrected chi connectivity index (χ3v) is 4.42. The Morgan fingerprint density at radius 1 is 1.22 bits per heavy atom. The topological polar surface area (TPSA) is 29.5 Å². The summed E-state index contributed by atoms with van der Waals surface area (Å²) in [5, 5.41) is 0. The van der Waals surface area contributed by atoms with E-state index in [1.54, 1.807) is 18.1 Å². The molecule has 1 atom stereocenters. The monoisotopic (exact) mass is 313 g/mol. The van der Waals surface area contributed by atoms with Gasteiger partial charge in [0.1, 0.15) is 11.6 Å². The fourth-order valence-electron chi connectivity index (χ4n) is 3.05. The number of ether oxygens (including phenoxy) is 1. The first-order valence-electron chi connectivity index (χ1n) is 7.84. The third kappa shape index (κ3) is 3.07.